The van der Waals surface area contributed by atoms with E-state index in [1.165, 1.54) is 0 Å². The van der Waals surface area contributed by atoms with E-state index in [1.807, 2.05) is 0 Å². The van der Waals surface area contributed by atoms with Gasteiger partial charge in [0.2, 0.25) is 6.29 Å². The number of hydroxylamine groups is 2. The van der Waals surface area contributed by atoms with Crippen molar-refractivity contribution in [1.82, 2.24) is 5.06 Å². The Labute approximate surface area is 111 Å². The van der Waals surface area contributed by atoms with Gasteiger partial charge < -0.3 is 5.11 Å². The molecular weight excluding hydrogens is 337 g/mol. The first-order valence-corrected chi connectivity index (χ1v) is 6.12. The highest BCUT2D eigenvalue weighted by atomic mass is 127. The molecule has 6 heteroatoms. The SMILES string of the molecule is O=C1CCC(=O)N1OC(O)c1ccc(I)cc1. The first-order valence-electron chi connectivity index (χ1n) is 5.04. The number of halogens is 1. The van der Waals surface area contributed by atoms with Gasteiger partial charge in [-0.25, -0.2) is 4.84 Å². The summed E-state index contributed by atoms with van der Waals surface area (Å²) in [5, 5.41) is 10.4. The lowest BCUT2D eigenvalue weighted by molar-refractivity contribution is -0.247. The molecule has 1 N–H and O–H groups in total. The predicted octanol–water partition coefficient (Wildman–Crippen LogP) is 1.36. The van der Waals surface area contributed by atoms with Crippen molar-refractivity contribution < 1.29 is 19.5 Å². The third-order valence-corrected chi connectivity index (χ3v) is 3.09. The summed E-state index contributed by atoms with van der Waals surface area (Å²) in [7, 11) is 0. The highest BCUT2D eigenvalue weighted by Crippen LogP contribution is 2.21. The number of benzene rings is 1. The molecule has 1 aromatic rings. The molecule has 17 heavy (non-hydrogen) atoms. The van der Waals surface area contributed by atoms with E-state index in [9.17, 15) is 14.7 Å². The number of rotatable bonds is 3. The Morgan fingerprint density at radius 3 is 2.24 bits per heavy atom. The Kier molecular flexibility index (Phi) is 3.75. The number of carbonyl (C=O) groups excluding carboxylic acids is 2. The van der Waals surface area contributed by atoms with Gasteiger partial charge in [0.15, 0.2) is 0 Å². The van der Waals surface area contributed by atoms with Gasteiger partial charge in [-0.05, 0) is 34.7 Å². The zero-order chi connectivity index (χ0) is 12.4. The number of carbonyl (C=O) groups is 2. The van der Waals surface area contributed by atoms with Gasteiger partial charge in [0, 0.05) is 22.0 Å². The first kappa shape index (κ1) is 12.5. The minimum absolute atomic E-state index is 0.137. The maximum Gasteiger partial charge on any atom is 0.254 e. The molecule has 1 fully saturated rings. The van der Waals surface area contributed by atoms with Crippen LogP contribution in [0.15, 0.2) is 24.3 Å². The first-order chi connectivity index (χ1) is 8.08. The Morgan fingerprint density at radius 2 is 1.71 bits per heavy atom. The van der Waals surface area contributed by atoms with Crippen LogP contribution in [0.3, 0.4) is 0 Å². The largest absolute Gasteiger partial charge is 0.362 e. The minimum Gasteiger partial charge on any atom is -0.362 e. The monoisotopic (exact) mass is 347 g/mol. The highest BCUT2D eigenvalue weighted by molar-refractivity contribution is 14.1. The second-order valence-corrected chi connectivity index (χ2v) is 4.84. The van der Waals surface area contributed by atoms with Crippen LogP contribution in [0.25, 0.3) is 0 Å². The number of aliphatic hydroxyl groups is 1. The average Bonchev–Trinajstić information content (AvgIpc) is 2.61. The van der Waals surface area contributed by atoms with Gasteiger partial charge in [0.1, 0.15) is 0 Å². The maximum atomic E-state index is 11.3. The topological polar surface area (TPSA) is 66.8 Å². The number of aliphatic hydroxyl groups excluding tert-OH is 1. The molecule has 1 aliphatic heterocycles. The molecule has 0 saturated carbocycles. The molecule has 1 aliphatic rings. The lowest BCUT2D eigenvalue weighted by Crippen LogP contribution is -2.31. The number of hydrogen-bond acceptors (Lipinski definition) is 4. The summed E-state index contributed by atoms with van der Waals surface area (Å²) >= 11 is 2.14. The van der Waals surface area contributed by atoms with E-state index in [4.69, 9.17) is 4.84 Å². The van der Waals surface area contributed by atoms with Crippen molar-refractivity contribution in [2.75, 3.05) is 0 Å². The van der Waals surface area contributed by atoms with Gasteiger partial charge in [0.25, 0.3) is 11.8 Å². The van der Waals surface area contributed by atoms with Crippen LogP contribution in [-0.2, 0) is 14.4 Å². The fraction of sp³-hybridized carbons (Fsp3) is 0.273. The lowest BCUT2D eigenvalue weighted by atomic mass is 10.2. The molecule has 1 heterocycles. The molecule has 2 amide bonds. The van der Waals surface area contributed by atoms with Crippen molar-refractivity contribution in [1.29, 1.82) is 0 Å². The van der Waals surface area contributed by atoms with E-state index in [0.717, 1.165) is 3.57 Å². The van der Waals surface area contributed by atoms with E-state index in [0.29, 0.717) is 10.6 Å². The Morgan fingerprint density at radius 1 is 1.18 bits per heavy atom. The van der Waals surface area contributed by atoms with Crippen LogP contribution in [0.2, 0.25) is 0 Å². The number of hydrogen-bond donors (Lipinski definition) is 1. The molecule has 1 atom stereocenters. The Balaban J connectivity index is 2.06. The molecule has 90 valence electrons. The fourth-order valence-corrected chi connectivity index (χ4v) is 1.82. The second-order valence-electron chi connectivity index (χ2n) is 3.59. The molecule has 1 unspecified atom stereocenters. The van der Waals surface area contributed by atoms with Crippen molar-refractivity contribution >= 4 is 34.4 Å². The molecule has 0 spiro atoms. The van der Waals surface area contributed by atoms with Crippen molar-refractivity contribution in [2.45, 2.75) is 19.1 Å². The van der Waals surface area contributed by atoms with Gasteiger partial charge in [-0.1, -0.05) is 12.1 Å². The summed E-state index contributed by atoms with van der Waals surface area (Å²) in [6.45, 7) is 0. The predicted molar refractivity (Wildman–Crippen MR) is 66.3 cm³/mol. The Bertz CT molecular complexity index is 429. The second kappa shape index (κ2) is 5.11. The molecule has 0 aliphatic carbocycles. The molecule has 5 nitrogen and oxygen atoms in total. The molecular formula is C11H10INO4. The van der Waals surface area contributed by atoms with E-state index >= 15 is 0 Å². The van der Waals surface area contributed by atoms with E-state index < -0.39 is 18.1 Å². The van der Waals surface area contributed by atoms with Crippen LogP contribution in [0.5, 0.6) is 0 Å². The van der Waals surface area contributed by atoms with Gasteiger partial charge >= 0.3 is 0 Å². The van der Waals surface area contributed by atoms with Gasteiger partial charge in [-0.15, -0.1) is 0 Å². The van der Waals surface area contributed by atoms with Crippen LogP contribution in [0, 0.1) is 3.57 Å². The van der Waals surface area contributed by atoms with Gasteiger partial charge in [-0.3, -0.25) is 9.59 Å². The molecule has 0 radical (unpaired) electrons. The number of amides is 2. The Hall–Kier alpha value is -0.990. The van der Waals surface area contributed by atoms with Crippen molar-refractivity contribution in [3.63, 3.8) is 0 Å². The standard InChI is InChI=1S/C11H10INO4/c12-8-3-1-7(2-4-8)11(16)17-13-9(14)5-6-10(13)15/h1-4,11,16H,5-6H2. The fourth-order valence-electron chi connectivity index (χ4n) is 1.46. The summed E-state index contributed by atoms with van der Waals surface area (Å²) in [6.07, 6.45) is -1.03. The highest BCUT2D eigenvalue weighted by Gasteiger charge is 2.32. The molecule has 2 rings (SSSR count). The van der Waals surface area contributed by atoms with Crippen molar-refractivity contribution in [3.05, 3.63) is 33.4 Å². The van der Waals surface area contributed by atoms with Gasteiger partial charge in [0.05, 0.1) is 0 Å². The zero-order valence-corrected chi connectivity index (χ0v) is 11.0. The molecule has 0 bridgehead atoms. The molecule has 1 aromatic carbocycles. The van der Waals surface area contributed by atoms with E-state index in [2.05, 4.69) is 22.6 Å². The third kappa shape index (κ3) is 2.82. The molecule has 1 saturated heterocycles. The van der Waals surface area contributed by atoms with Crippen molar-refractivity contribution in [3.8, 4) is 0 Å². The van der Waals surface area contributed by atoms with E-state index in [-0.39, 0.29) is 12.8 Å². The zero-order valence-electron chi connectivity index (χ0n) is 8.80. The quantitative estimate of drug-likeness (QED) is 0.510. The summed E-state index contributed by atoms with van der Waals surface area (Å²) in [6, 6.07) is 6.96. The lowest BCUT2D eigenvalue weighted by Gasteiger charge is -2.18. The summed E-state index contributed by atoms with van der Waals surface area (Å²) in [5.74, 6) is -0.834. The van der Waals surface area contributed by atoms with Crippen LogP contribution in [0.1, 0.15) is 24.7 Å². The number of nitrogens with zero attached hydrogens (tertiary/aromatic N) is 1. The normalized spacial score (nSPS) is 17.6. The van der Waals surface area contributed by atoms with Crippen LogP contribution >= 0.6 is 22.6 Å². The van der Waals surface area contributed by atoms with Crippen LogP contribution < -0.4 is 0 Å². The smallest absolute Gasteiger partial charge is 0.254 e. The van der Waals surface area contributed by atoms with Crippen LogP contribution in [0.4, 0.5) is 0 Å². The number of imide groups is 1. The van der Waals surface area contributed by atoms with Crippen molar-refractivity contribution in [2.24, 2.45) is 0 Å². The third-order valence-electron chi connectivity index (χ3n) is 2.37. The summed E-state index contributed by atoms with van der Waals surface area (Å²) in [5.41, 5.74) is 0.498. The van der Waals surface area contributed by atoms with Crippen LogP contribution in [-0.4, -0.2) is 22.0 Å². The molecule has 0 aromatic heterocycles. The summed E-state index contributed by atoms with van der Waals surface area (Å²) in [4.78, 5) is 27.5. The minimum atomic E-state index is -1.31. The maximum absolute atomic E-state index is 11.3. The summed E-state index contributed by atoms with van der Waals surface area (Å²) < 4.78 is 1.02. The van der Waals surface area contributed by atoms with E-state index in [1.54, 1.807) is 24.3 Å². The average molecular weight is 347 g/mol. The van der Waals surface area contributed by atoms with Gasteiger partial charge in [-0.2, -0.15) is 5.06 Å².